The van der Waals surface area contributed by atoms with Crippen LogP contribution in [0.2, 0.25) is 0 Å². The van der Waals surface area contributed by atoms with Gasteiger partial charge >= 0.3 is 6.18 Å². The molecule has 44 heavy (non-hydrogen) atoms. The number of carbonyl (C=O) groups is 2. The molecule has 1 aliphatic carbocycles. The number of H-pyrrole nitrogens is 1. The van der Waals surface area contributed by atoms with Gasteiger partial charge in [0, 0.05) is 30.1 Å². The van der Waals surface area contributed by atoms with Gasteiger partial charge in [0.1, 0.15) is 5.82 Å². The van der Waals surface area contributed by atoms with E-state index in [0.29, 0.717) is 50.9 Å². The zero-order valence-corrected chi connectivity index (χ0v) is 24.9. The maximum atomic E-state index is 13.4. The van der Waals surface area contributed by atoms with Crippen molar-refractivity contribution in [3.05, 3.63) is 65.0 Å². The first kappa shape index (κ1) is 31.9. The lowest BCUT2D eigenvalue weighted by molar-refractivity contribution is -0.223. The van der Waals surface area contributed by atoms with Gasteiger partial charge in [-0.05, 0) is 113 Å². The number of aromatic amines is 1. The third-order valence-corrected chi connectivity index (χ3v) is 8.78. The number of imidazole rings is 1. The van der Waals surface area contributed by atoms with Crippen molar-refractivity contribution in [3.63, 3.8) is 0 Å². The van der Waals surface area contributed by atoms with Gasteiger partial charge in [0.05, 0.1) is 11.0 Å². The van der Waals surface area contributed by atoms with E-state index in [2.05, 4.69) is 20.2 Å². The monoisotopic (exact) mass is 617 g/mol. The van der Waals surface area contributed by atoms with Gasteiger partial charge in [-0.25, -0.2) is 4.39 Å². The number of nitrogens with one attached hydrogen (secondary N) is 2. The number of alkyl halides is 3. The van der Waals surface area contributed by atoms with E-state index in [9.17, 15) is 32.3 Å². The molecule has 238 valence electrons. The van der Waals surface area contributed by atoms with Crippen molar-refractivity contribution in [1.82, 2.24) is 19.8 Å². The van der Waals surface area contributed by atoms with Gasteiger partial charge in [-0.2, -0.15) is 18.2 Å². The van der Waals surface area contributed by atoms with Crippen LogP contribution in [-0.2, 0) is 11.3 Å². The number of fused-ring (bicyclic) bond motifs is 1. The molecule has 2 aliphatic rings. The Morgan fingerprint density at radius 2 is 1.68 bits per heavy atom. The Morgan fingerprint density at radius 1 is 1.02 bits per heavy atom. The summed E-state index contributed by atoms with van der Waals surface area (Å²) in [4.78, 5) is 35.5. The molecule has 1 saturated heterocycles. The van der Waals surface area contributed by atoms with Gasteiger partial charge in [0.2, 0.25) is 11.5 Å². The van der Waals surface area contributed by atoms with Crippen molar-refractivity contribution < 1.29 is 32.3 Å². The molecule has 2 aromatic carbocycles. The molecule has 1 saturated carbocycles. The Labute approximate surface area is 253 Å². The van der Waals surface area contributed by atoms with Crippen LogP contribution in [-0.4, -0.2) is 62.8 Å². The van der Waals surface area contributed by atoms with Gasteiger partial charge in [-0.1, -0.05) is 6.07 Å². The molecule has 1 atom stereocenters. The third-order valence-electron chi connectivity index (χ3n) is 8.78. The van der Waals surface area contributed by atoms with Crippen molar-refractivity contribution in [3.8, 4) is 0 Å². The largest absolute Gasteiger partial charge is 0.414 e. The number of hydrogen-bond acceptors (Lipinski definition) is 4. The van der Waals surface area contributed by atoms with E-state index in [1.165, 1.54) is 24.3 Å². The highest BCUT2D eigenvalue weighted by atomic mass is 19.4. The number of rotatable bonds is 7. The fraction of sp³-hybridized carbons (Fsp3) is 0.531. The highest BCUT2D eigenvalue weighted by Crippen LogP contribution is 2.34. The Balaban J connectivity index is 1.41. The average Bonchev–Trinajstić information content (AvgIpc) is 3.33. The molecule has 0 spiro atoms. The number of hydrogen-bond donors (Lipinski definition) is 3. The van der Waals surface area contributed by atoms with Crippen molar-refractivity contribution in [2.45, 2.75) is 83.3 Å². The van der Waals surface area contributed by atoms with E-state index >= 15 is 0 Å². The van der Waals surface area contributed by atoms with Gasteiger partial charge in [-0.15, -0.1) is 0 Å². The standard InChI is InChI=1S/C32H39F4N5O3/c1-19(2)37-29(43)23-6-10-25(11-7-23)41-27-17-20(18-40-15-13-21(14-16-40)28(42)32(34,35)36)3-12-26(27)38-31(41)39-30(44)22-4-8-24(33)9-5-22/h3-5,8-9,12,17,19,21,23,25,28,42H,6-7,10-11,13-16,18H2,1-2H3,(H,37,43)(H,38,39,44)/t23-,25+,28?. The minimum atomic E-state index is -4.61. The minimum Gasteiger partial charge on any atom is -0.383 e. The van der Waals surface area contributed by atoms with Crippen molar-refractivity contribution in [1.29, 1.82) is 0 Å². The molecule has 8 nitrogen and oxygen atoms in total. The van der Waals surface area contributed by atoms with E-state index in [1.807, 2.05) is 36.6 Å². The molecule has 0 bridgehead atoms. The lowest BCUT2D eigenvalue weighted by Gasteiger charge is -2.34. The number of amides is 2. The Kier molecular flexibility index (Phi) is 9.59. The SMILES string of the molecule is CC(C)NC(=O)[C@H]1CC[C@@H](n2/c(=N/C(=O)c3ccc(F)cc3)[nH]c3ccc(CN4CCC(C(O)C(F)(F)F)CC4)cc32)CC1. The molecule has 2 fully saturated rings. The van der Waals surface area contributed by atoms with Crippen LogP contribution < -0.4 is 10.9 Å². The molecule has 5 rings (SSSR count). The molecular weight excluding hydrogens is 578 g/mol. The predicted molar refractivity (Wildman–Crippen MR) is 157 cm³/mol. The van der Waals surface area contributed by atoms with Crippen molar-refractivity contribution in [2.75, 3.05) is 13.1 Å². The summed E-state index contributed by atoms with van der Waals surface area (Å²) in [5.41, 5.74) is 3.19. The zero-order chi connectivity index (χ0) is 31.6. The first-order valence-electron chi connectivity index (χ1n) is 15.2. The number of piperidine rings is 1. The first-order valence-corrected chi connectivity index (χ1v) is 15.2. The van der Waals surface area contributed by atoms with Crippen LogP contribution in [0.3, 0.4) is 0 Å². The summed E-state index contributed by atoms with van der Waals surface area (Å²) in [6, 6.07) is 11.1. The number of halogens is 4. The van der Waals surface area contributed by atoms with E-state index < -0.39 is 29.9 Å². The lowest BCUT2D eigenvalue weighted by Crippen LogP contribution is -2.43. The smallest absolute Gasteiger partial charge is 0.383 e. The third kappa shape index (κ3) is 7.40. The van der Waals surface area contributed by atoms with Crippen LogP contribution in [0, 0.1) is 17.7 Å². The molecule has 12 heteroatoms. The molecule has 1 aromatic heterocycles. The predicted octanol–water partition coefficient (Wildman–Crippen LogP) is 5.24. The minimum absolute atomic E-state index is 0.0264. The van der Waals surface area contributed by atoms with Crippen LogP contribution in [0.1, 0.15) is 74.3 Å². The lowest BCUT2D eigenvalue weighted by atomic mass is 9.85. The second kappa shape index (κ2) is 13.2. The Morgan fingerprint density at radius 3 is 2.30 bits per heavy atom. The topological polar surface area (TPSA) is 103 Å². The number of likely N-dealkylation sites (tertiary alicyclic amines) is 1. The molecule has 1 aliphatic heterocycles. The number of carbonyl (C=O) groups excluding carboxylic acids is 2. The summed E-state index contributed by atoms with van der Waals surface area (Å²) in [7, 11) is 0. The molecule has 3 aromatic rings. The van der Waals surface area contributed by atoms with Gasteiger partial charge in [-0.3, -0.25) is 14.5 Å². The van der Waals surface area contributed by atoms with E-state index in [0.717, 1.165) is 16.6 Å². The highest BCUT2D eigenvalue weighted by Gasteiger charge is 2.44. The average molecular weight is 618 g/mol. The number of aromatic nitrogens is 2. The maximum Gasteiger partial charge on any atom is 0.414 e. The highest BCUT2D eigenvalue weighted by molar-refractivity contribution is 5.95. The normalized spacial score (nSPS) is 21.6. The number of aliphatic hydroxyl groups is 1. The molecule has 2 amide bonds. The molecule has 0 radical (unpaired) electrons. The fourth-order valence-electron chi connectivity index (χ4n) is 6.43. The number of nitrogens with zero attached hydrogens (tertiary/aromatic N) is 3. The number of benzene rings is 2. The summed E-state index contributed by atoms with van der Waals surface area (Å²) < 4.78 is 54.4. The Hall–Kier alpha value is -3.51. The summed E-state index contributed by atoms with van der Waals surface area (Å²) in [5, 5.41) is 12.7. The molecular formula is C32H39F4N5O3. The Bertz CT molecular complexity index is 1530. The van der Waals surface area contributed by atoms with Gasteiger partial charge < -0.3 is 20.0 Å². The van der Waals surface area contributed by atoms with Crippen LogP contribution >= 0.6 is 0 Å². The molecule has 2 heterocycles. The summed E-state index contributed by atoms with van der Waals surface area (Å²) in [5.74, 6) is -1.81. The fourth-order valence-corrected chi connectivity index (χ4v) is 6.43. The van der Waals surface area contributed by atoms with E-state index in [4.69, 9.17) is 0 Å². The van der Waals surface area contributed by atoms with Crippen molar-refractivity contribution >= 4 is 22.8 Å². The van der Waals surface area contributed by atoms with Gasteiger partial charge in [0.15, 0.2) is 6.10 Å². The quantitative estimate of drug-likeness (QED) is 0.316. The number of aliphatic hydroxyl groups excluding tert-OH is 1. The molecule has 1 unspecified atom stereocenters. The van der Waals surface area contributed by atoms with E-state index in [-0.39, 0.29) is 42.3 Å². The zero-order valence-electron chi connectivity index (χ0n) is 24.9. The van der Waals surface area contributed by atoms with Gasteiger partial charge in [0.25, 0.3) is 5.91 Å². The maximum absolute atomic E-state index is 13.4. The summed E-state index contributed by atoms with van der Waals surface area (Å²) in [6.07, 6.45) is -3.60. The van der Waals surface area contributed by atoms with Crippen LogP contribution in [0.25, 0.3) is 11.0 Å². The first-order chi connectivity index (χ1) is 20.9. The van der Waals surface area contributed by atoms with Crippen molar-refractivity contribution in [2.24, 2.45) is 16.8 Å². The van der Waals surface area contributed by atoms with E-state index in [1.54, 1.807) is 0 Å². The second-order valence-electron chi connectivity index (χ2n) is 12.4. The van der Waals surface area contributed by atoms with Crippen LogP contribution in [0.4, 0.5) is 17.6 Å². The summed E-state index contributed by atoms with van der Waals surface area (Å²) >= 11 is 0. The summed E-state index contributed by atoms with van der Waals surface area (Å²) in [6.45, 7) is 5.28. The second-order valence-corrected chi connectivity index (χ2v) is 12.4. The van der Waals surface area contributed by atoms with Crippen LogP contribution in [0.5, 0.6) is 0 Å². The van der Waals surface area contributed by atoms with Crippen LogP contribution in [0.15, 0.2) is 47.5 Å². The molecule has 3 N–H and O–H groups in total.